The zero-order valence-corrected chi connectivity index (χ0v) is 15.9. The number of nitrogens with one attached hydrogen (secondary N) is 1. The summed E-state index contributed by atoms with van der Waals surface area (Å²) in [5.74, 6) is 0.428. The summed E-state index contributed by atoms with van der Waals surface area (Å²) < 4.78 is 13.9. The summed E-state index contributed by atoms with van der Waals surface area (Å²) >= 11 is 1.65. The number of carbonyl (C=O) groups excluding carboxylic acids is 1. The Bertz CT molecular complexity index is 826. The first-order valence-corrected chi connectivity index (χ1v) is 9.84. The smallest absolute Gasteiger partial charge is 0.277 e. The molecular weight excluding hydrogens is 365 g/mol. The number of nitrogens with two attached hydrogens (primary N) is 1. The Morgan fingerprint density at radius 3 is 2.59 bits per heavy atom. The molecule has 2 aliphatic rings. The number of halogens is 1. The molecule has 1 atom stereocenters. The lowest BCUT2D eigenvalue weighted by molar-refractivity contribution is 0.101. The Kier molecular flexibility index (Phi) is 6.39. The Balaban J connectivity index is 0.000000221. The van der Waals surface area contributed by atoms with E-state index >= 15 is 0 Å². The van der Waals surface area contributed by atoms with Crippen molar-refractivity contribution in [2.24, 2.45) is 10.7 Å². The molecule has 2 aromatic rings. The maximum Gasteiger partial charge on any atom is 0.277 e. The van der Waals surface area contributed by atoms with Crippen LogP contribution in [0.15, 0.2) is 41.8 Å². The number of aliphatic imine (C=N–C) groups is 1. The van der Waals surface area contributed by atoms with Crippen LogP contribution in [0.4, 0.5) is 10.1 Å². The van der Waals surface area contributed by atoms with Gasteiger partial charge in [0, 0.05) is 30.0 Å². The summed E-state index contributed by atoms with van der Waals surface area (Å²) in [6.07, 6.45) is 8.01. The van der Waals surface area contributed by atoms with Crippen LogP contribution in [-0.4, -0.2) is 32.8 Å². The lowest BCUT2D eigenvalue weighted by atomic mass is 10.1. The van der Waals surface area contributed by atoms with E-state index in [1.54, 1.807) is 42.5 Å². The Morgan fingerprint density at radius 2 is 2.04 bits per heavy atom. The van der Waals surface area contributed by atoms with E-state index in [0.717, 1.165) is 29.3 Å². The minimum absolute atomic E-state index is 0.179. The largest absolute Gasteiger partial charge is 0.379 e. The number of thioether (sulfide) groups is 1. The molecule has 0 saturated heterocycles. The van der Waals surface area contributed by atoms with E-state index in [9.17, 15) is 9.18 Å². The summed E-state index contributed by atoms with van der Waals surface area (Å²) in [5, 5.41) is 3.34. The maximum atomic E-state index is 13.9. The summed E-state index contributed by atoms with van der Waals surface area (Å²) in [6.45, 7) is 2.09. The highest BCUT2D eigenvalue weighted by Gasteiger charge is 2.25. The van der Waals surface area contributed by atoms with Crippen LogP contribution in [0.1, 0.15) is 48.2 Å². The van der Waals surface area contributed by atoms with Gasteiger partial charge in [0.15, 0.2) is 16.7 Å². The molecular formula is C19H22FN5OS. The van der Waals surface area contributed by atoms with Gasteiger partial charge in [-0.15, -0.1) is 0 Å². The van der Waals surface area contributed by atoms with Crippen molar-refractivity contribution in [1.29, 1.82) is 0 Å². The van der Waals surface area contributed by atoms with Crippen LogP contribution in [0, 0.1) is 5.82 Å². The van der Waals surface area contributed by atoms with Crippen LogP contribution in [0.5, 0.6) is 0 Å². The predicted molar refractivity (Wildman–Crippen MR) is 107 cm³/mol. The van der Waals surface area contributed by atoms with Crippen molar-refractivity contribution >= 4 is 28.5 Å². The molecule has 0 aromatic carbocycles. The van der Waals surface area contributed by atoms with E-state index in [1.165, 1.54) is 12.5 Å². The standard InChI is InChI=1S/C14H12FN3O.C5H10N2S/c15-12-7-10(9-1-2-9)8-17-13(12)14(19)18-11-3-5-16-6-4-11;1-4-2-3-8-5(6)7-4/h3-9H,1-2H2,(H,16,18,19);4H,2-3H2,1H3,(H2,6,7)/t;4-/m.0/s1. The lowest BCUT2D eigenvalue weighted by Gasteiger charge is -2.12. The van der Waals surface area contributed by atoms with E-state index < -0.39 is 11.7 Å². The van der Waals surface area contributed by atoms with Crippen molar-refractivity contribution in [3.05, 3.63) is 53.9 Å². The van der Waals surface area contributed by atoms with E-state index in [4.69, 9.17) is 5.73 Å². The average Bonchev–Trinajstić information content (AvgIpc) is 3.48. The van der Waals surface area contributed by atoms with Gasteiger partial charge in [-0.2, -0.15) is 0 Å². The fourth-order valence-corrected chi connectivity index (χ4v) is 3.46. The van der Waals surface area contributed by atoms with Crippen LogP contribution in [0.2, 0.25) is 0 Å². The summed E-state index contributed by atoms with van der Waals surface area (Å²) in [6, 6.07) is 5.13. The second-order valence-electron chi connectivity index (χ2n) is 6.52. The number of rotatable bonds is 3. The van der Waals surface area contributed by atoms with Gasteiger partial charge in [-0.25, -0.2) is 9.37 Å². The Hall–Kier alpha value is -2.48. The molecule has 1 aliphatic carbocycles. The number of carbonyl (C=O) groups is 1. The van der Waals surface area contributed by atoms with Crippen molar-refractivity contribution in [2.75, 3.05) is 11.1 Å². The van der Waals surface area contributed by atoms with Gasteiger partial charge in [-0.3, -0.25) is 14.8 Å². The molecule has 1 amide bonds. The van der Waals surface area contributed by atoms with Gasteiger partial charge in [-0.1, -0.05) is 11.8 Å². The highest BCUT2D eigenvalue weighted by atomic mass is 32.2. The van der Waals surface area contributed by atoms with E-state index in [0.29, 0.717) is 17.6 Å². The number of amidine groups is 1. The van der Waals surface area contributed by atoms with Crippen molar-refractivity contribution < 1.29 is 9.18 Å². The summed E-state index contributed by atoms with van der Waals surface area (Å²) in [4.78, 5) is 23.8. The van der Waals surface area contributed by atoms with E-state index in [2.05, 4.69) is 27.2 Å². The number of hydrogen-bond acceptors (Lipinski definition) is 6. The molecule has 0 spiro atoms. The van der Waals surface area contributed by atoms with Crippen molar-refractivity contribution in [2.45, 2.75) is 38.1 Å². The summed E-state index contributed by atoms with van der Waals surface area (Å²) in [7, 11) is 0. The third-order valence-electron chi connectivity index (χ3n) is 4.20. The minimum Gasteiger partial charge on any atom is -0.379 e. The number of hydrogen-bond donors (Lipinski definition) is 2. The van der Waals surface area contributed by atoms with Crippen LogP contribution < -0.4 is 11.1 Å². The Labute approximate surface area is 161 Å². The van der Waals surface area contributed by atoms with Gasteiger partial charge < -0.3 is 11.1 Å². The molecule has 6 nitrogen and oxygen atoms in total. The number of amides is 1. The molecule has 3 heterocycles. The van der Waals surface area contributed by atoms with Crippen molar-refractivity contribution in [1.82, 2.24) is 9.97 Å². The van der Waals surface area contributed by atoms with Gasteiger partial charge in [-0.05, 0) is 55.9 Å². The molecule has 27 heavy (non-hydrogen) atoms. The zero-order chi connectivity index (χ0) is 19.2. The van der Waals surface area contributed by atoms with Gasteiger partial charge in [0.25, 0.3) is 5.91 Å². The quantitative estimate of drug-likeness (QED) is 0.840. The molecule has 2 aromatic heterocycles. The van der Waals surface area contributed by atoms with E-state index in [1.807, 2.05) is 0 Å². The fraction of sp³-hybridized carbons (Fsp3) is 0.368. The van der Waals surface area contributed by atoms with Crippen LogP contribution in [0.25, 0.3) is 0 Å². The topological polar surface area (TPSA) is 93.3 Å². The zero-order valence-electron chi connectivity index (χ0n) is 15.1. The highest BCUT2D eigenvalue weighted by Crippen LogP contribution is 2.39. The normalized spacial score (nSPS) is 18.7. The van der Waals surface area contributed by atoms with Crippen LogP contribution >= 0.6 is 11.8 Å². The molecule has 0 unspecified atom stereocenters. The first-order valence-electron chi connectivity index (χ1n) is 8.86. The second kappa shape index (κ2) is 8.94. The molecule has 142 valence electrons. The monoisotopic (exact) mass is 387 g/mol. The SMILES string of the molecule is C[C@H]1CCSC(N)=N1.O=C(Nc1ccncc1)c1ncc(C2CC2)cc1F. The maximum absolute atomic E-state index is 13.9. The first kappa shape index (κ1) is 19.3. The molecule has 3 N–H and O–H groups in total. The van der Waals surface area contributed by atoms with Crippen molar-refractivity contribution in [3.8, 4) is 0 Å². The van der Waals surface area contributed by atoms with Gasteiger partial charge >= 0.3 is 0 Å². The number of pyridine rings is 2. The molecule has 0 radical (unpaired) electrons. The Morgan fingerprint density at radius 1 is 1.30 bits per heavy atom. The van der Waals surface area contributed by atoms with Crippen molar-refractivity contribution in [3.63, 3.8) is 0 Å². The van der Waals surface area contributed by atoms with Gasteiger partial charge in [0.05, 0.1) is 6.04 Å². The minimum atomic E-state index is -0.573. The van der Waals surface area contributed by atoms with E-state index in [-0.39, 0.29) is 5.69 Å². The third-order valence-corrected chi connectivity index (χ3v) is 5.04. The third kappa shape index (κ3) is 5.75. The van der Waals surface area contributed by atoms with Crippen LogP contribution in [0.3, 0.4) is 0 Å². The fourth-order valence-electron chi connectivity index (χ4n) is 2.54. The first-order chi connectivity index (χ1) is 13.0. The molecule has 0 bridgehead atoms. The molecule has 8 heteroatoms. The number of nitrogens with zero attached hydrogens (tertiary/aromatic N) is 3. The molecule has 1 aliphatic heterocycles. The van der Waals surface area contributed by atoms with Crippen LogP contribution in [-0.2, 0) is 0 Å². The molecule has 1 fully saturated rings. The van der Waals surface area contributed by atoms with Gasteiger partial charge in [0.1, 0.15) is 0 Å². The molecule has 4 rings (SSSR count). The van der Waals surface area contributed by atoms with Gasteiger partial charge in [0.2, 0.25) is 0 Å². The second-order valence-corrected chi connectivity index (χ2v) is 7.63. The molecule has 1 saturated carbocycles. The lowest BCUT2D eigenvalue weighted by Crippen LogP contribution is -2.17. The average molecular weight is 387 g/mol. The number of aromatic nitrogens is 2. The summed E-state index contributed by atoms with van der Waals surface area (Å²) in [5.41, 5.74) is 6.69. The number of anilines is 1. The predicted octanol–water partition coefficient (Wildman–Crippen LogP) is 3.57. The highest BCUT2D eigenvalue weighted by molar-refractivity contribution is 8.13.